The first-order valence-corrected chi connectivity index (χ1v) is 9.69. The first kappa shape index (κ1) is 16.5. The van der Waals surface area contributed by atoms with Crippen LogP contribution in [0, 0.1) is 13.8 Å². The number of hydrogen-bond donors (Lipinski definition) is 1. The van der Waals surface area contributed by atoms with Gasteiger partial charge in [-0.05, 0) is 50.8 Å². The minimum atomic E-state index is -2.99. The normalized spacial score (nSPS) is 22.9. The second-order valence-corrected chi connectivity index (χ2v) is 8.53. The summed E-state index contributed by atoms with van der Waals surface area (Å²) < 4.78 is 25.0. The number of sulfone groups is 1. The quantitative estimate of drug-likeness (QED) is 0.907. The van der Waals surface area contributed by atoms with Crippen molar-refractivity contribution in [3.63, 3.8) is 0 Å². The Balaban J connectivity index is 2.37. The molecule has 2 rings (SSSR count). The lowest BCUT2D eigenvalue weighted by Crippen LogP contribution is -2.41. The molecule has 0 aromatic heterocycles. The fourth-order valence-corrected chi connectivity index (χ4v) is 5.36. The molecule has 1 aliphatic heterocycles. The third-order valence-electron chi connectivity index (χ3n) is 4.38. The fraction of sp³-hybridized carbons (Fsp3) is 0.647. The molecule has 0 saturated carbocycles. The Kier molecular flexibility index (Phi) is 5.44. The van der Waals surface area contributed by atoms with E-state index in [1.165, 1.54) is 11.1 Å². The van der Waals surface area contributed by atoms with E-state index in [1.807, 2.05) is 0 Å². The van der Waals surface area contributed by atoms with Crippen LogP contribution in [0.2, 0.25) is 0 Å². The summed E-state index contributed by atoms with van der Waals surface area (Å²) in [5.41, 5.74) is 3.55. The van der Waals surface area contributed by atoms with Crippen LogP contribution in [0.5, 0.6) is 0 Å². The molecule has 0 aliphatic carbocycles. The minimum absolute atomic E-state index is 0.0733. The average Bonchev–Trinajstić information content (AvgIpc) is 2.42. The average molecular weight is 309 g/mol. The summed E-state index contributed by atoms with van der Waals surface area (Å²) in [6.07, 6.45) is 3.61. The van der Waals surface area contributed by atoms with Crippen LogP contribution in [0.4, 0.5) is 0 Å². The third-order valence-corrected chi connectivity index (χ3v) is 6.66. The Labute approximate surface area is 129 Å². The van der Waals surface area contributed by atoms with Crippen molar-refractivity contribution in [1.82, 2.24) is 5.32 Å². The second kappa shape index (κ2) is 6.93. The van der Waals surface area contributed by atoms with Gasteiger partial charge in [-0.25, -0.2) is 8.42 Å². The number of benzene rings is 1. The molecule has 118 valence electrons. The molecule has 4 heteroatoms. The number of aryl methyl sites for hydroxylation is 2. The first-order chi connectivity index (χ1) is 9.95. The lowest BCUT2D eigenvalue weighted by Gasteiger charge is -2.32. The topological polar surface area (TPSA) is 46.2 Å². The van der Waals surface area contributed by atoms with Crippen molar-refractivity contribution in [3.8, 4) is 0 Å². The van der Waals surface area contributed by atoms with Crippen molar-refractivity contribution in [2.75, 3.05) is 12.3 Å². The summed E-state index contributed by atoms with van der Waals surface area (Å²) in [7, 11) is -2.99. The van der Waals surface area contributed by atoms with Gasteiger partial charge in [-0.3, -0.25) is 0 Å². The number of nitrogens with one attached hydrogen (secondary N) is 1. The highest BCUT2D eigenvalue weighted by Gasteiger charge is 2.36. The van der Waals surface area contributed by atoms with E-state index in [-0.39, 0.29) is 11.3 Å². The molecule has 1 aromatic rings. The SMILES string of the molecule is CCCNC(c1ccc(C)cc1C)C1CCCCS1(=O)=O. The summed E-state index contributed by atoms with van der Waals surface area (Å²) >= 11 is 0. The van der Waals surface area contributed by atoms with Gasteiger partial charge in [-0.1, -0.05) is 37.1 Å². The molecule has 1 aliphatic rings. The van der Waals surface area contributed by atoms with Crippen LogP contribution in [0.25, 0.3) is 0 Å². The van der Waals surface area contributed by atoms with E-state index >= 15 is 0 Å². The summed E-state index contributed by atoms with van der Waals surface area (Å²) in [6.45, 7) is 7.12. The number of rotatable bonds is 5. The third kappa shape index (κ3) is 3.86. The van der Waals surface area contributed by atoms with E-state index in [4.69, 9.17) is 0 Å². The minimum Gasteiger partial charge on any atom is -0.309 e. The highest BCUT2D eigenvalue weighted by atomic mass is 32.2. The van der Waals surface area contributed by atoms with E-state index in [2.05, 4.69) is 44.3 Å². The Morgan fingerprint density at radius 1 is 1.29 bits per heavy atom. The Bertz CT molecular complexity index is 580. The van der Waals surface area contributed by atoms with Gasteiger partial charge in [-0.15, -0.1) is 0 Å². The van der Waals surface area contributed by atoms with Crippen LogP contribution < -0.4 is 5.32 Å². The molecule has 0 amide bonds. The van der Waals surface area contributed by atoms with Gasteiger partial charge in [0.1, 0.15) is 0 Å². The molecule has 2 unspecified atom stereocenters. The molecule has 21 heavy (non-hydrogen) atoms. The second-order valence-electron chi connectivity index (χ2n) is 6.19. The van der Waals surface area contributed by atoms with Crippen molar-refractivity contribution in [2.24, 2.45) is 0 Å². The van der Waals surface area contributed by atoms with Crippen molar-refractivity contribution in [2.45, 2.75) is 57.7 Å². The van der Waals surface area contributed by atoms with Crippen LogP contribution in [0.3, 0.4) is 0 Å². The molecule has 3 nitrogen and oxygen atoms in total. The number of hydrogen-bond acceptors (Lipinski definition) is 3. The van der Waals surface area contributed by atoms with Gasteiger partial charge in [0.15, 0.2) is 9.84 Å². The monoisotopic (exact) mass is 309 g/mol. The van der Waals surface area contributed by atoms with Crippen molar-refractivity contribution < 1.29 is 8.42 Å². The maximum absolute atomic E-state index is 12.5. The van der Waals surface area contributed by atoms with Gasteiger partial charge >= 0.3 is 0 Å². The molecule has 2 atom stereocenters. The maximum atomic E-state index is 12.5. The Hall–Kier alpha value is -0.870. The van der Waals surface area contributed by atoms with Gasteiger partial charge in [0.05, 0.1) is 11.0 Å². The molecule has 1 fully saturated rings. The van der Waals surface area contributed by atoms with Crippen molar-refractivity contribution >= 4 is 9.84 Å². The zero-order valence-corrected chi connectivity index (χ0v) is 14.2. The molecule has 0 spiro atoms. The van der Waals surface area contributed by atoms with Crippen LogP contribution >= 0.6 is 0 Å². The summed E-state index contributed by atoms with van der Waals surface area (Å²) in [5, 5.41) is 3.21. The van der Waals surface area contributed by atoms with E-state index in [0.29, 0.717) is 5.75 Å². The van der Waals surface area contributed by atoms with E-state index in [1.54, 1.807) is 0 Å². The molecule has 1 saturated heterocycles. The van der Waals surface area contributed by atoms with Crippen LogP contribution in [-0.4, -0.2) is 26.0 Å². The molecular weight excluding hydrogens is 282 g/mol. The van der Waals surface area contributed by atoms with Crippen LogP contribution in [0.15, 0.2) is 18.2 Å². The Morgan fingerprint density at radius 3 is 2.67 bits per heavy atom. The standard InChI is InChI=1S/C17H27NO2S/c1-4-10-18-17(15-9-8-13(2)12-14(15)3)16-7-5-6-11-21(16,19)20/h8-9,12,16-18H,4-7,10-11H2,1-3H3. The molecule has 1 heterocycles. The van der Waals surface area contributed by atoms with Gasteiger partial charge in [-0.2, -0.15) is 0 Å². The fourth-order valence-electron chi connectivity index (χ4n) is 3.27. The first-order valence-electron chi connectivity index (χ1n) is 7.98. The van der Waals surface area contributed by atoms with Gasteiger partial charge < -0.3 is 5.32 Å². The molecular formula is C17H27NO2S. The maximum Gasteiger partial charge on any atom is 0.155 e. The van der Waals surface area contributed by atoms with E-state index < -0.39 is 9.84 Å². The predicted molar refractivity (Wildman–Crippen MR) is 88.4 cm³/mol. The van der Waals surface area contributed by atoms with Gasteiger partial charge in [0.2, 0.25) is 0 Å². The summed E-state index contributed by atoms with van der Waals surface area (Å²) in [4.78, 5) is 0. The van der Waals surface area contributed by atoms with Crippen molar-refractivity contribution in [1.29, 1.82) is 0 Å². The summed E-state index contributed by atoms with van der Waals surface area (Å²) in [6, 6.07) is 6.25. The lowest BCUT2D eigenvalue weighted by molar-refractivity contribution is 0.445. The zero-order valence-electron chi connectivity index (χ0n) is 13.4. The van der Waals surface area contributed by atoms with Gasteiger partial charge in [0, 0.05) is 6.04 Å². The Morgan fingerprint density at radius 2 is 2.05 bits per heavy atom. The van der Waals surface area contributed by atoms with Crippen LogP contribution in [-0.2, 0) is 9.84 Å². The highest BCUT2D eigenvalue weighted by molar-refractivity contribution is 7.92. The van der Waals surface area contributed by atoms with Gasteiger partial charge in [0.25, 0.3) is 0 Å². The zero-order chi connectivity index (χ0) is 15.5. The summed E-state index contributed by atoms with van der Waals surface area (Å²) in [5.74, 6) is 0.340. The van der Waals surface area contributed by atoms with Crippen LogP contribution in [0.1, 0.15) is 55.3 Å². The largest absolute Gasteiger partial charge is 0.309 e. The predicted octanol–water partition coefficient (Wildman–Crippen LogP) is 3.31. The van der Waals surface area contributed by atoms with E-state index in [0.717, 1.165) is 37.8 Å². The smallest absolute Gasteiger partial charge is 0.155 e. The van der Waals surface area contributed by atoms with E-state index in [9.17, 15) is 8.42 Å². The van der Waals surface area contributed by atoms with Crippen molar-refractivity contribution in [3.05, 3.63) is 34.9 Å². The molecule has 1 N–H and O–H groups in total. The highest BCUT2D eigenvalue weighted by Crippen LogP contribution is 2.32. The molecule has 1 aromatic carbocycles. The molecule has 0 bridgehead atoms. The lowest BCUT2D eigenvalue weighted by atomic mass is 9.94. The molecule has 0 radical (unpaired) electrons.